The molecule has 0 amide bonds. The largest absolute Gasteiger partial charge is 0.456 e. The van der Waals surface area contributed by atoms with E-state index in [0.717, 1.165) is 35.3 Å². The first-order chi connectivity index (χ1) is 16.1. The van der Waals surface area contributed by atoms with Gasteiger partial charge in [-0.15, -0.1) is 0 Å². The molecule has 5 heteroatoms. The predicted molar refractivity (Wildman–Crippen MR) is 127 cm³/mol. The standard InChI is InChI=1S/C28H18ClNO3/c29-18-9-11-22-25(15-18)32-26-16-19(30-14-13-17-5-1-4-8-24(17)30)10-12-23(26)28(22)21-7-3-2-6-20(21)27(31)33-28/h1-12,15-16H,13-14H2. The van der Waals surface area contributed by atoms with Crippen LogP contribution in [0.3, 0.4) is 0 Å². The molecule has 0 aliphatic carbocycles. The number of anilines is 2. The third kappa shape index (κ3) is 2.50. The summed E-state index contributed by atoms with van der Waals surface area (Å²) in [6, 6.07) is 27.7. The van der Waals surface area contributed by atoms with Gasteiger partial charge >= 0.3 is 5.97 Å². The minimum atomic E-state index is -1.07. The highest BCUT2D eigenvalue weighted by Gasteiger charge is 2.53. The Hall–Kier alpha value is -3.76. The summed E-state index contributed by atoms with van der Waals surface area (Å²) in [5.74, 6) is 0.923. The molecule has 0 radical (unpaired) electrons. The van der Waals surface area contributed by atoms with Crippen LogP contribution in [0.15, 0.2) is 84.9 Å². The highest BCUT2D eigenvalue weighted by molar-refractivity contribution is 6.30. The number of carbonyl (C=O) groups excluding carboxylic acids is 1. The predicted octanol–water partition coefficient (Wildman–Crippen LogP) is 6.60. The van der Waals surface area contributed by atoms with Gasteiger partial charge in [0.2, 0.25) is 0 Å². The molecule has 0 N–H and O–H groups in total. The van der Waals surface area contributed by atoms with Gasteiger partial charge in [-0.1, -0.05) is 48.0 Å². The van der Waals surface area contributed by atoms with Crippen LogP contribution in [0, 0.1) is 0 Å². The first-order valence-corrected chi connectivity index (χ1v) is 11.3. The summed E-state index contributed by atoms with van der Waals surface area (Å²) in [4.78, 5) is 15.2. The monoisotopic (exact) mass is 451 g/mol. The highest BCUT2D eigenvalue weighted by atomic mass is 35.5. The van der Waals surface area contributed by atoms with Gasteiger partial charge in [0.1, 0.15) is 11.5 Å². The van der Waals surface area contributed by atoms with E-state index < -0.39 is 5.60 Å². The summed E-state index contributed by atoms with van der Waals surface area (Å²) < 4.78 is 12.6. The lowest BCUT2D eigenvalue weighted by molar-refractivity contribution is 0.0224. The Morgan fingerprint density at radius 1 is 0.818 bits per heavy atom. The molecule has 3 aliphatic rings. The van der Waals surface area contributed by atoms with Crippen LogP contribution < -0.4 is 9.64 Å². The SMILES string of the molecule is O=C1OC2(c3ccc(Cl)cc3Oc3cc(N4CCc5ccccc54)ccc32)c2ccccc21. The van der Waals surface area contributed by atoms with Crippen molar-refractivity contribution in [1.82, 2.24) is 0 Å². The molecule has 7 rings (SSSR count). The molecule has 0 saturated heterocycles. The molecule has 0 saturated carbocycles. The van der Waals surface area contributed by atoms with Crippen LogP contribution in [0.1, 0.15) is 32.6 Å². The van der Waals surface area contributed by atoms with Gasteiger partial charge in [0.15, 0.2) is 5.60 Å². The Balaban J connectivity index is 1.45. The van der Waals surface area contributed by atoms with E-state index in [2.05, 4.69) is 35.2 Å². The van der Waals surface area contributed by atoms with E-state index in [9.17, 15) is 4.79 Å². The normalized spacial score (nSPS) is 19.4. The molecule has 0 aromatic heterocycles. The fourth-order valence-electron chi connectivity index (χ4n) is 5.41. The maximum atomic E-state index is 12.9. The van der Waals surface area contributed by atoms with Crippen molar-refractivity contribution < 1.29 is 14.3 Å². The molecule has 1 unspecified atom stereocenters. The van der Waals surface area contributed by atoms with Gasteiger partial charge in [0.05, 0.1) is 5.56 Å². The van der Waals surface area contributed by atoms with E-state index >= 15 is 0 Å². The lowest BCUT2D eigenvalue weighted by atomic mass is 9.77. The summed E-state index contributed by atoms with van der Waals surface area (Å²) in [6.45, 7) is 0.906. The number of esters is 1. The summed E-state index contributed by atoms with van der Waals surface area (Å²) in [5.41, 5.74) is 5.50. The third-order valence-electron chi connectivity index (χ3n) is 6.86. The van der Waals surface area contributed by atoms with Gasteiger partial charge in [-0.25, -0.2) is 4.79 Å². The number of halogens is 1. The number of nitrogens with zero attached hydrogens (tertiary/aromatic N) is 1. The van der Waals surface area contributed by atoms with Crippen molar-refractivity contribution in [2.24, 2.45) is 0 Å². The van der Waals surface area contributed by atoms with E-state index in [-0.39, 0.29) is 5.97 Å². The van der Waals surface area contributed by atoms with Crippen LogP contribution in [0.4, 0.5) is 11.4 Å². The van der Waals surface area contributed by atoms with E-state index in [1.165, 1.54) is 11.3 Å². The van der Waals surface area contributed by atoms with E-state index in [1.54, 1.807) is 12.1 Å². The quantitative estimate of drug-likeness (QED) is 0.305. The number of benzene rings is 4. The topological polar surface area (TPSA) is 38.8 Å². The van der Waals surface area contributed by atoms with Gasteiger partial charge in [-0.3, -0.25) is 0 Å². The molecular formula is C28H18ClNO3. The smallest absolute Gasteiger partial charge is 0.340 e. The van der Waals surface area contributed by atoms with Gasteiger partial charge < -0.3 is 14.4 Å². The number of hydrogen-bond acceptors (Lipinski definition) is 4. The molecule has 1 spiro atoms. The third-order valence-corrected chi connectivity index (χ3v) is 7.09. The lowest BCUT2D eigenvalue weighted by Gasteiger charge is -2.37. The van der Waals surface area contributed by atoms with Crippen molar-refractivity contribution in [3.05, 3.63) is 118 Å². The second kappa shape index (κ2) is 6.63. The van der Waals surface area contributed by atoms with Crippen molar-refractivity contribution in [3.8, 4) is 11.5 Å². The Kier molecular flexibility index (Phi) is 3.77. The fraction of sp³-hybridized carbons (Fsp3) is 0.107. The number of hydrogen-bond donors (Lipinski definition) is 0. The lowest BCUT2D eigenvalue weighted by Crippen LogP contribution is -2.33. The van der Waals surface area contributed by atoms with Crippen molar-refractivity contribution in [3.63, 3.8) is 0 Å². The molecule has 3 heterocycles. The van der Waals surface area contributed by atoms with Crippen molar-refractivity contribution in [1.29, 1.82) is 0 Å². The molecule has 0 bridgehead atoms. The number of carbonyl (C=O) groups is 1. The zero-order valence-electron chi connectivity index (χ0n) is 17.5. The van der Waals surface area contributed by atoms with E-state index in [1.807, 2.05) is 42.5 Å². The number of rotatable bonds is 1. The minimum absolute atomic E-state index is 0.336. The number of para-hydroxylation sites is 1. The van der Waals surface area contributed by atoms with Gasteiger partial charge in [0, 0.05) is 45.7 Å². The summed E-state index contributed by atoms with van der Waals surface area (Å²) in [7, 11) is 0. The summed E-state index contributed by atoms with van der Waals surface area (Å²) in [5, 5.41) is 0.564. The van der Waals surface area contributed by atoms with Gasteiger partial charge in [-0.05, 0) is 54.4 Å². The maximum absolute atomic E-state index is 12.9. The average molecular weight is 452 g/mol. The summed E-state index contributed by atoms with van der Waals surface area (Å²) in [6.07, 6.45) is 1.00. The Morgan fingerprint density at radius 2 is 1.58 bits per heavy atom. The van der Waals surface area contributed by atoms with Crippen LogP contribution in [0.5, 0.6) is 11.5 Å². The minimum Gasteiger partial charge on any atom is -0.456 e. The zero-order chi connectivity index (χ0) is 22.2. The zero-order valence-corrected chi connectivity index (χ0v) is 18.3. The van der Waals surface area contributed by atoms with Gasteiger partial charge in [-0.2, -0.15) is 0 Å². The maximum Gasteiger partial charge on any atom is 0.340 e. The molecule has 4 aromatic rings. The molecule has 1 atom stereocenters. The van der Waals surface area contributed by atoms with Gasteiger partial charge in [0.25, 0.3) is 0 Å². The van der Waals surface area contributed by atoms with Crippen molar-refractivity contribution >= 4 is 28.9 Å². The van der Waals surface area contributed by atoms with Crippen LogP contribution >= 0.6 is 11.6 Å². The van der Waals surface area contributed by atoms with Crippen molar-refractivity contribution in [2.75, 3.05) is 11.4 Å². The molecule has 33 heavy (non-hydrogen) atoms. The van der Waals surface area contributed by atoms with Crippen molar-refractivity contribution in [2.45, 2.75) is 12.0 Å². The van der Waals surface area contributed by atoms with Crippen LogP contribution in [0.2, 0.25) is 5.02 Å². The van der Waals surface area contributed by atoms with E-state index in [0.29, 0.717) is 22.1 Å². The highest BCUT2D eigenvalue weighted by Crippen LogP contribution is 2.57. The number of fused-ring (bicyclic) bond motifs is 7. The molecule has 4 nitrogen and oxygen atoms in total. The molecule has 0 fully saturated rings. The molecular weight excluding hydrogens is 434 g/mol. The second-order valence-corrected chi connectivity index (χ2v) is 9.01. The van der Waals surface area contributed by atoms with Crippen LogP contribution in [0.25, 0.3) is 0 Å². The summed E-state index contributed by atoms with van der Waals surface area (Å²) >= 11 is 6.32. The molecule has 3 aliphatic heterocycles. The Labute approximate surface area is 195 Å². The van der Waals surface area contributed by atoms with Crippen LogP contribution in [-0.2, 0) is 16.8 Å². The first-order valence-electron chi connectivity index (χ1n) is 11.0. The fourth-order valence-corrected chi connectivity index (χ4v) is 5.58. The Bertz CT molecular complexity index is 1480. The first kappa shape index (κ1) is 18.8. The van der Waals surface area contributed by atoms with Crippen LogP contribution in [-0.4, -0.2) is 12.5 Å². The second-order valence-electron chi connectivity index (χ2n) is 8.57. The number of ether oxygens (including phenoxy) is 2. The average Bonchev–Trinajstić information content (AvgIpc) is 3.39. The molecule has 160 valence electrons. The Morgan fingerprint density at radius 3 is 2.48 bits per heavy atom. The molecule has 4 aromatic carbocycles. The van der Waals surface area contributed by atoms with E-state index in [4.69, 9.17) is 21.1 Å².